The number of halogens is 1. The van der Waals surface area contributed by atoms with Crippen molar-refractivity contribution in [2.45, 2.75) is 40.0 Å². The van der Waals surface area contributed by atoms with E-state index in [9.17, 15) is 22.8 Å². The average Bonchev–Trinajstić information content (AvgIpc) is 4.33. The first-order chi connectivity index (χ1) is 36.4. The third kappa shape index (κ3) is 12.3. The van der Waals surface area contributed by atoms with Gasteiger partial charge in [0.2, 0.25) is 10.0 Å². The highest BCUT2D eigenvalue weighted by molar-refractivity contribution is 7.89. The maximum Gasteiger partial charge on any atom is 0.264 e. The molecule has 24 heteroatoms. The van der Waals surface area contributed by atoms with Crippen LogP contribution in [0.5, 0.6) is 5.75 Å². The molecule has 0 unspecified atom stereocenters. The Bertz CT molecular complexity index is 4280. The number of nitrogens with one attached hydrogen (secondary N) is 3. The van der Waals surface area contributed by atoms with Gasteiger partial charge in [0.25, 0.3) is 17.7 Å². The van der Waals surface area contributed by atoms with Crippen molar-refractivity contribution in [2.75, 3.05) is 36.7 Å². The van der Waals surface area contributed by atoms with Crippen LogP contribution in [-0.2, 0) is 14.8 Å². The summed E-state index contributed by atoms with van der Waals surface area (Å²) in [6.45, 7) is 7.80. The molecule has 0 aliphatic rings. The monoisotopic (exact) mass is 1180 g/mol. The Labute approximate surface area is 470 Å². The fourth-order valence-corrected chi connectivity index (χ4v) is 14.2. The molecule has 0 aliphatic heterocycles. The molecule has 0 fully saturated rings. The van der Waals surface area contributed by atoms with Gasteiger partial charge in [0.1, 0.15) is 22.3 Å². The molecular weight excluding hydrogens is 1130 g/mol. The van der Waals surface area contributed by atoms with E-state index in [1.807, 2.05) is 99.9 Å². The van der Waals surface area contributed by atoms with Gasteiger partial charge in [0, 0.05) is 30.2 Å². The summed E-state index contributed by atoms with van der Waals surface area (Å²) in [6.07, 6.45) is 0. The van der Waals surface area contributed by atoms with E-state index in [0.717, 1.165) is 86.7 Å². The number of aryl methyl sites for hydroxylation is 4. The normalized spacial score (nSPS) is 11.4. The average molecular weight is 1180 g/mol. The van der Waals surface area contributed by atoms with Crippen LogP contribution < -0.4 is 20.7 Å². The zero-order chi connectivity index (χ0) is 53.4. The second-order valence-corrected chi connectivity index (χ2v) is 26.0. The number of ether oxygens (including phenoxy) is 1. The lowest BCUT2D eigenvalue weighted by atomic mass is 10.1. The van der Waals surface area contributed by atoms with Gasteiger partial charge in [-0.2, -0.15) is 0 Å². The Balaban J connectivity index is 0.000000140. The van der Waals surface area contributed by atoms with Crippen molar-refractivity contribution >= 4 is 184 Å². The van der Waals surface area contributed by atoms with Gasteiger partial charge in [-0.1, -0.05) is 70.7 Å². The lowest BCUT2D eigenvalue weighted by molar-refractivity contribution is -0.118. The van der Waals surface area contributed by atoms with E-state index in [1.165, 1.54) is 72.4 Å². The molecule has 6 aromatic heterocycles. The number of carbonyl (C=O) groups excluding carboxylic acids is 3. The minimum Gasteiger partial charge on any atom is -0.484 e. The topological polar surface area (TPSA) is 211 Å². The number of benzene rings is 6. The molecule has 0 saturated carbocycles. The highest BCUT2D eigenvalue weighted by Gasteiger charge is 2.20. The molecule has 0 aliphatic carbocycles. The smallest absolute Gasteiger partial charge is 0.264 e. The van der Waals surface area contributed by atoms with Gasteiger partial charge in [-0.05, 0) is 124 Å². The van der Waals surface area contributed by atoms with E-state index in [0.29, 0.717) is 37.3 Å². The van der Waals surface area contributed by atoms with E-state index >= 15 is 0 Å². The molecule has 3 N–H and O–H groups in total. The lowest BCUT2D eigenvalue weighted by Crippen LogP contribution is -2.22. The first-order valence-electron chi connectivity index (χ1n) is 22.8. The molecule has 12 rings (SSSR count). The second kappa shape index (κ2) is 23.0. The molecule has 3 amide bonds. The fourth-order valence-electron chi connectivity index (χ4n) is 7.58. The van der Waals surface area contributed by atoms with Crippen molar-refractivity contribution in [1.82, 2.24) is 34.2 Å². The van der Waals surface area contributed by atoms with Crippen molar-refractivity contribution in [2.24, 2.45) is 0 Å². The maximum absolute atomic E-state index is 12.5. The van der Waals surface area contributed by atoms with E-state index in [-0.39, 0.29) is 36.7 Å². The summed E-state index contributed by atoms with van der Waals surface area (Å²) in [5.41, 5.74) is 10.0. The van der Waals surface area contributed by atoms with Crippen molar-refractivity contribution in [3.63, 3.8) is 0 Å². The summed E-state index contributed by atoms with van der Waals surface area (Å²) < 4.78 is 37.1. The summed E-state index contributed by atoms with van der Waals surface area (Å²) >= 11 is 15.1. The molecule has 0 saturated heterocycles. The standard InChI is InChI=1S/C18H16N4O3S3.C18H15N3O2S2.C16H10ClN3OS2.CH4/c1-10-19-15-14(26-10)9-8-13-16(15)27-18(20-13)21-17(23)11-4-6-12(7-5-11)28(24,25)22(2)3;1-10-3-5-12(6-4-10)23-9-15(22)21-18-20-13-7-8-14-16(17(13)25-18)19-11(2)24-14;1-8-4-9(6-10(17)5-8)15(21)20-16-19-11-2-3-12-13(14(11)23-16)18-7-22-12;/h4-9H,1-3H3,(H,20,21,23);3-8H,9H2,1-2H3,(H,20,21,22);2-7H,1H3,(H,19,20,21);1H4. The van der Waals surface area contributed by atoms with E-state index in [1.54, 1.807) is 46.1 Å². The van der Waals surface area contributed by atoms with Gasteiger partial charge in [-0.3, -0.25) is 30.3 Å². The highest BCUT2D eigenvalue weighted by Crippen LogP contribution is 2.37. The summed E-state index contributed by atoms with van der Waals surface area (Å²) in [5.74, 6) is -0.127. The molecule has 392 valence electrons. The fraction of sp³-hybridized carbons (Fsp3) is 0.151. The van der Waals surface area contributed by atoms with Gasteiger partial charge >= 0.3 is 0 Å². The zero-order valence-corrected chi connectivity index (χ0v) is 47.4. The Kier molecular flexibility index (Phi) is 16.4. The van der Waals surface area contributed by atoms with Crippen LogP contribution in [-0.4, -0.2) is 81.1 Å². The summed E-state index contributed by atoms with van der Waals surface area (Å²) in [5, 5.41) is 12.6. The number of carbonyl (C=O) groups is 3. The van der Waals surface area contributed by atoms with E-state index < -0.39 is 10.0 Å². The summed E-state index contributed by atoms with van der Waals surface area (Å²) in [7, 11) is -0.605. The number of amides is 3. The van der Waals surface area contributed by atoms with Gasteiger partial charge < -0.3 is 4.74 Å². The lowest BCUT2D eigenvalue weighted by Gasteiger charge is -2.11. The first-order valence-corrected chi connectivity index (χ1v) is 29.6. The molecule has 6 aromatic carbocycles. The number of anilines is 3. The number of hydrogen-bond donors (Lipinski definition) is 3. The molecule has 16 nitrogen and oxygen atoms in total. The number of aromatic nitrogens is 6. The largest absolute Gasteiger partial charge is 0.484 e. The van der Waals surface area contributed by atoms with E-state index in [2.05, 4.69) is 45.9 Å². The summed E-state index contributed by atoms with van der Waals surface area (Å²) in [4.78, 5) is 64.1. The molecule has 6 heterocycles. The number of hydrogen-bond acceptors (Lipinski definition) is 18. The van der Waals surface area contributed by atoms with Crippen LogP contribution in [0.15, 0.2) is 114 Å². The van der Waals surface area contributed by atoms with Gasteiger partial charge in [-0.25, -0.2) is 42.6 Å². The van der Waals surface area contributed by atoms with Crippen molar-refractivity contribution in [3.8, 4) is 5.75 Å². The Morgan fingerprint density at radius 1 is 0.571 bits per heavy atom. The highest BCUT2D eigenvalue weighted by atomic mass is 35.5. The number of sulfonamides is 1. The molecule has 0 atom stereocenters. The van der Waals surface area contributed by atoms with Crippen LogP contribution in [0.4, 0.5) is 15.4 Å². The van der Waals surface area contributed by atoms with E-state index in [4.69, 9.17) is 16.3 Å². The molecular formula is C53H45ClN10O6S7. The minimum atomic E-state index is -3.53. The predicted molar refractivity (Wildman–Crippen MR) is 319 cm³/mol. The van der Waals surface area contributed by atoms with Gasteiger partial charge in [-0.15, -0.1) is 34.0 Å². The van der Waals surface area contributed by atoms with Crippen molar-refractivity contribution < 1.29 is 27.5 Å². The molecule has 0 spiro atoms. The van der Waals surface area contributed by atoms with Crippen LogP contribution in [0.2, 0.25) is 5.02 Å². The van der Waals surface area contributed by atoms with Gasteiger partial charge in [0.15, 0.2) is 22.0 Å². The van der Waals surface area contributed by atoms with Crippen LogP contribution in [0.25, 0.3) is 61.3 Å². The molecule has 0 radical (unpaired) electrons. The predicted octanol–water partition coefficient (Wildman–Crippen LogP) is 14.0. The second-order valence-electron chi connectivity index (χ2n) is 17.0. The quantitative estimate of drug-likeness (QED) is 0.117. The van der Waals surface area contributed by atoms with Crippen LogP contribution in [0.1, 0.15) is 49.3 Å². The number of fused-ring (bicyclic) bond motifs is 9. The SMILES string of the molecule is C.Cc1cc(Cl)cc(C(=O)Nc2nc3ccc4scnc4c3s2)c1.Cc1ccc(OCC(=O)Nc2nc3ccc4sc(C)nc4c3s2)cc1.Cc1nc2c(ccc3nc(NC(=O)c4ccc(S(=O)(=O)N(C)C)cc4)sc32)s1. The number of rotatable bonds is 10. The maximum atomic E-state index is 12.5. The Morgan fingerprint density at radius 3 is 1.61 bits per heavy atom. The Morgan fingerprint density at radius 2 is 1.08 bits per heavy atom. The summed E-state index contributed by atoms with van der Waals surface area (Å²) in [6, 6.07) is 30.5. The molecule has 77 heavy (non-hydrogen) atoms. The van der Waals surface area contributed by atoms with Crippen molar-refractivity contribution in [3.05, 3.63) is 146 Å². The van der Waals surface area contributed by atoms with Crippen molar-refractivity contribution in [1.29, 1.82) is 0 Å². The Hall–Kier alpha value is -6.93. The number of thiazole rings is 6. The van der Waals surface area contributed by atoms with Crippen LogP contribution >= 0.6 is 79.6 Å². The third-order valence-corrected chi connectivity index (χ3v) is 18.9. The van der Waals surface area contributed by atoms with Crippen LogP contribution in [0.3, 0.4) is 0 Å². The zero-order valence-electron chi connectivity index (χ0n) is 40.9. The minimum absolute atomic E-state index is 0. The third-order valence-electron chi connectivity index (χ3n) is 11.2. The molecule has 12 aromatic rings. The van der Waals surface area contributed by atoms with Gasteiger partial charge in [0.05, 0.1) is 65.2 Å². The van der Waals surface area contributed by atoms with Crippen LogP contribution in [0, 0.1) is 27.7 Å². The molecule has 0 bridgehead atoms. The first kappa shape index (κ1) is 54.8. The number of nitrogens with zero attached hydrogens (tertiary/aromatic N) is 7.